The second-order valence-corrected chi connectivity index (χ2v) is 7.16. The molecule has 0 aliphatic rings. The molecule has 0 saturated heterocycles. The molecule has 0 fully saturated rings. The number of carbonyl (C=O) groups is 1. The SMILES string of the molecule is Cc1ccc(CCC(=O)N/N=C/c2cc(Br)c(C)c(Br)c2O)cc1. The number of nitrogens with zero attached hydrogens (tertiary/aromatic N) is 1. The van der Waals surface area contributed by atoms with Gasteiger partial charge in [-0.1, -0.05) is 45.8 Å². The van der Waals surface area contributed by atoms with Gasteiger partial charge in [0.05, 0.1) is 10.7 Å². The van der Waals surface area contributed by atoms with Crippen LogP contribution in [0.25, 0.3) is 0 Å². The van der Waals surface area contributed by atoms with E-state index in [2.05, 4.69) is 42.4 Å². The van der Waals surface area contributed by atoms with Crippen molar-refractivity contribution >= 4 is 44.0 Å². The zero-order valence-electron chi connectivity index (χ0n) is 13.4. The van der Waals surface area contributed by atoms with Crippen molar-refractivity contribution in [1.29, 1.82) is 0 Å². The standard InChI is InChI=1S/C18H18Br2N2O2/c1-11-3-5-13(6-4-11)7-8-16(23)22-21-10-14-9-15(19)12(2)17(20)18(14)24/h3-6,9-10,24H,7-8H2,1-2H3,(H,22,23)/b21-10+. The number of aromatic hydroxyl groups is 1. The Balaban J connectivity index is 1.92. The van der Waals surface area contributed by atoms with E-state index in [0.29, 0.717) is 22.9 Å². The minimum atomic E-state index is -0.170. The molecule has 0 radical (unpaired) electrons. The van der Waals surface area contributed by atoms with Gasteiger partial charge >= 0.3 is 0 Å². The molecule has 0 saturated carbocycles. The van der Waals surface area contributed by atoms with Gasteiger partial charge in [-0.05, 0) is 53.4 Å². The van der Waals surface area contributed by atoms with E-state index in [0.717, 1.165) is 15.6 Å². The summed E-state index contributed by atoms with van der Waals surface area (Å²) in [7, 11) is 0. The fourth-order valence-corrected chi connectivity index (χ4v) is 3.22. The average Bonchev–Trinajstić information content (AvgIpc) is 2.57. The third kappa shape index (κ3) is 4.92. The summed E-state index contributed by atoms with van der Waals surface area (Å²) >= 11 is 6.75. The van der Waals surface area contributed by atoms with Gasteiger partial charge in [0, 0.05) is 16.5 Å². The van der Waals surface area contributed by atoms with Gasteiger partial charge in [0.2, 0.25) is 5.91 Å². The molecule has 0 spiro atoms. The Morgan fingerprint density at radius 3 is 2.58 bits per heavy atom. The molecule has 2 N–H and O–H groups in total. The van der Waals surface area contributed by atoms with Crippen molar-refractivity contribution in [3.63, 3.8) is 0 Å². The Bertz CT molecular complexity index is 772. The van der Waals surface area contributed by atoms with Gasteiger partial charge in [0.15, 0.2) is 0 Å². The van der Waals surface area contributed by atoms with Gasteiger partial charge in [-0.15, -0.1) is 0 Å². The zero-order chi connectivity index (χ0) is 17.7. The number of hydrazone groups is 1. The number of phenols is 1. The molecule has 0 unspecified atom stereocenters. The van der Waals surface area contributed by atoms with E-state index in [1.807, 2.05) is 38.1 Å². The third-order valence-corrected chi connectivity index (χ3v) is 5.40. The van der Waals surface area contributed by atoms with Gasteiger partial charge < -0.3 is 5.11 Å². The number of hydrogen-bond acceptors (Lipinski definition) is 3. The molecule has 0 bridgehead atoms. The van der Waals surface area contributed by atoms with E-state index in [1.165, 1.54) is 11.8 Å². The summed E-state index contributed by atoms with van der Waals surface area (Å²) in [6, 6.07) is 9.84. The Kier molecular flexibility index (Phi) is 6.57. The average molecular weight is 454 g/mol. The number of carbonyl (C=O) groups excluding carboxylic acids is 1. The number of halogens is 2. The van der Waals surface area contributed by atoms with E-state index in [4.69, 9.17) is 0 Å². The van der Waals surface area contributed by atoms with Crippen LogP contribution in [0.5, 0.6) is 5.75 Å². The van der Waals surface area contributed by atoms with Crippen LogP contribution in [0.4, 0.5) is 0 Å². The van der Waals surface area contributed by atoms with Crippen molar-refractivity contribution in [1.82, 2.24) is 5.43 Å². The van der Waals surface area contributed by atoms with Crippen LogP contribution in [-0.2, 0) is 11.2 Å². The maximum atomic E-state index is 11.8. The Morgan fingerprint density at radius 1 is 1.25 bits per heavy atom. The maximum absolute atomic E-state index is 11.8. The molecule has 0 heterocycles. The van der Waals surface area contributed by atoms with E-state index < -0.39 is 0 Å². The lowest BCUT2D eigenvalue weighted by Gasteiger charge is -2.07. The van der Waals surface area contributed by atoms with E-state index >= 15 is 0 Å². The molecule has 2 aromatic carbocycles. The normalized spacial score (nSPS) is 11.0. The molecule has 0 aromatic heterocycles. The number of amides is 1. The lowest BCUT2D eigenvalue weighted by Crippen LogP contribution is -2.17. The quantitative estimate of drug-likeness (QED) is 0.512. The molecule has 0 aliphatic carbocycles. The Labute approximate surface area is 158 Å². The van der Waals surface area contributed by atoms with Crippen LogP contribution < -0.4 is 5.43 Å². The summed E-state index contributed by atoms with van der Waals surface area (Å²) in [5.41, 5.74) is 6.20. The number of hydrogen-bond donors (Lipinski definition) is 2. The first-order valence-electron chi connectivity index (χ1n) is 7.43. The van der Waals surface area contributed by atoms with Crippen molar-refractivity contribution in [2.45, 2.75) is 26.7 Å². The van der Waals surface area contributed by atoms with Crippen LogP contribution in [0.15, 0.2) is 44.4 Å². The van der Waals surface area contributed by atoms with Crippen molar-refractivity contribution in [2.24, 2.45) is 5.10 Å². The number of benzene rings is 2. The molecule has 6 heteroatoms. The van der Waals surface area contributed by atoms with Crippen molar-refractivity contribution in [3.8, 4) is 5.75 Å². The maximum Gasteiger partial charge on any atom is 0.240 e. The molecular formula is C18H18Br2N2O2. The van der Waals surface area contributed by atoms with Crippen molar-refractivity contribution < 1.29 is 9.90 Å². The summed E-state index contributed by atoms with van der Waals surface area (Å²) in [4.78, 5) is 11.8. The summed E-state index contributed by atoms with van der Waals surface area (Å²) in [6.45, 7) is 3.91. The minimum Gasteiger partial charge on any atom is -0.506 e. The van der Waals surface area contributed by atoms with Crippen molar-refractivity contribution in [2.75, 3.05) is 0 Å². The van der Waals surface area contributed by atoms with Gasteiger partial charge in [0.1, 0.15) is 5.75 Å². The Hall–Kier alpha value is -1.66. The summed E-state index contributed by atoms with van der Waals surface area (Å²) < 4.78 is 1.45. The second kappa shape index (κ2) is 8.44. The van der Waals surface area contributed by atoms with Crippen LogP contribution in [-0.4, -0.2) is 17.2 Å². The highest BCUT2D eigenvalue weighted by Gasteiger charge is 2.10. The fraction of sp³-hybridized carbons (Fsp3) is 0.222. The monoisotopic (exact) mass is 452 g/mol. The molecule has 4 nitrogen and oxygen atoms in total. The predicted octanol–water partition coefficient (Wildman–Crippen LogP) is 4.62. The first-order chi connectivity index (χ1) is 11.4. The predicted molar refractivity (Wildman–Crippen MR) is 103 cm³/mol. The van der Waals surface area contributed by atoms with Crippen molar-refractivity contribution in [3.05, 3.63) is 61.5 Å². The van der Waals surface area contributed by atoms with Crippen LogP contribution in [0.2, 0.25) is 0 Å². The highest BCUT2D eigenvalue weighted by Crippen LogP contribution is 2.35. The first kappa shape index (κ1) is 18.7. The first-order valence-corrected chi connectivity index (χ1v) is 9.02. The molecule has 126 valence electrons. The van der Waals surface area contributed by atoms with Gasteiger partial charge in [-0.25, -0.2) is 5.43 Å². The van der Waals surface area contributed by atoms with Crippen LogP contribution in [0, 0.1) is 13.8 Å². The minimum absolute atomic E-state index is 0.0911. The number of aryl methyl sites for hydroxylation is 2. The van der Waals surface area contributed by atoms with Crippen LogP contribution in [0.1, 0.15) is 28.7 Å². The summed E-state index contributed by atoms with van der Waals surface area (Å²) in [5, 5.41) is 14.0. The second-order valence-electron chi connectivity index (χ2n) is 5.51. The third-order valence-electron chi connectivity index (χ3n) is 3.61. The topological polar surface area (TPSA) is 61.7 Å². The fourth-order valence-electron chi connectivity index (χ4n) is 2.06. The smallest absolute Gasteiger partial charge is 0.240 e. The number of rotatable bonds is 5. The Morgan fingerprint density at radius 2 is 1.92 bits per heavy atom. The summed E-state index contributed by atoms with van der Waals surface area (Å²) in [5.74, 6) is -0.0788. The molecule has 2 rings (SSSR count). The largest absolute Gasteiger partial charge is 0.506 e. The highest BCUT2D eigenvalue weighted by atomic mass is 79.9. The molecule has 0 atom stereocenters. The lowest BCUT2D eigenvalue weighted by atomic mass is 10.1. The zero-order valence-corrected chi connectivity index (χ0v) is 16.6. The van der Waals surface area contributed by atoms with E-state index in [9.17, 15) is 9.90 Å². The molecule has 2 aromatic rings. The molecule has 24 heavy (non-hydrogen) atoms. The summed E-state index contributed by atoms with van der Waals surface area (Å²) in [6.07, 6.45) is 2.44. The van der Waals surface area contributed by atoms with Crippen LogP contribution >= 0.6 is 31.9 Å². The van der Waals surface area contributed by atoms with E-state index in [-0.39, 0.29) is 11.7 Å². The lowest BCUT2D eigenvalue weighted by molar-refractivity contribution is -0.121. The van der Waals surface area contributed by atoms with Gasteiger partial charge in [-0.3, -0.25) is 4.79 Å². The highest BCUT2D eigenvalue weighted by molar-refractivity contribution is 9.11. The number of phenolic OH excluding ortho intramolecular Hbond substituents is 1. The molecule has 0 aliphatic heterocycles. The molecule has 1 amide bonds. The number of nitrogens with one attached hydrogen (secondary N) is 1. The van der Waals surface area contributed by atoms with Gasteiger partial charge in [-0.2, -0.15) is 5.10 Å². The van der Waals surface area contributed by atoms with Gasteiger partial charge in [0.25, 0.3) is 0 Å². The van der Waals surface area contributed by atoms with E-state index in [1.54, 1.807) is 6.07 Å². The molecular weight excluding hydrogens is 436 g/mol. The van der Waals surface area contributed by atoms with Crippen LogP contribution in [0.3, 0.4) is 0 Å².